The lowest BCUT2D eigenvalue weighted by Crippen LogP contribution is -2.36. The molecule has 0 aliphatic carbocycles. The van der Waals surface area contributed by atoms with Crippen LogP contribution >= 0.6 is 0 Å². The second-order valence-corrected chi connectivity index (χ2v) is 10.2. The van der Waals surface area contributed by atoms with E-state index in [1.54, 1.807) is 51.1 Å². The van der Waals surface area contributed by atoms with Crippen LogP contribution in [0.4, 0.5) is 5.69 Å². The van der Waals surface area contributed by atoms with E-state index in [1.165, 1.54) is 36.6 Å². The van der Waals surface area contributed by atoms with Gasteiger partial charge in [-0.1, -0.05) is 30.3 Å². The maximum Gasteiger partial charge on any atom is 0.338 e. The van der Waals surface area contributed by atoms with E-state index in [-0.39, 0.29) is 33.7 Å². The highest BCUT2D eigenvalue weighted by Gasteiger charge is 2.41. The van der Waals surface area contributed by atoms with Crippen molar-refractivity contribution in [2.45, 2.75) is 32.9 Å². The maximum absolute atomic E-state index is 13.7. The van der Waals surface area contributed by atoms with Crippen LogP contribution in [0.25, 0.3) is 11.1 Å². The standard InChI is InChI=1S/C33H29N5O9/c1-18-25(15-22(16-34)31(40)37-18)21-9-11-23(12-10-21)46-14-13-27(35-17-39)47-33(42)29-20(3)36-19(2)28(32(41)45-4)30(29)24-7-5-6-8-26(24)38(43)44/h5-15,17,27,30,36H,1-4H3,(H,35,39)(H,37,40). The number of ether oxygens (including phenoxy) is 3. The minimum absolute atomic E-state index is 0.0203. The van der Waals surface area contributed by atoms with E-state index in [4.69, 9.17) is 14.2 Å². The first kappa shape index (κ1) is 33.4. The number of esters is 2. The van der Waals surface area contributed by atoms with Crippen LogP contribution in [0, 0.1) is 28.4 Å². The number of dihydropyridines is 1. The summed E-state index contributed by atoms with van der Waals surface area (Å²) in [7, 11) is 1.15. The van der Waals surface area contributed by atoms with E-state index < -0.39 is 34.6 Å². The maximum atomic E-state index is 13.7. The number of allylic oxidation sites excluding steroid dienone is 2. The number of rotatable bonds is 11. The van der Waals surface area contributed by atoms with Crippen LogP contribution in [-0.2, 0) is 23.9 Å². The SMILES string of the molecule is COC(=O)C1=C(C)NC(C)=C(C(=O)OC(C=COc2ccc(-c3cc(C#N)c(=O)[nH]c3C)cc2)NC=O)C1c1ccccc1[N+](=O)[O-]. The number of H-pyrrole nitrogens is 1. The number of benzene rings is 2. The monoisotopic (exact) mass is 639 g/mol. The van der Waals surface area contributed by atoms with Crippen molar-refractivity contribution < 1.29 is 33.5 Å². The molecule has 0 fully saturated rings. The average Bonchev–Trinajstić information content (AvgIpc) is 3.04. The number of hydrogen-bond acceptors (Lipinski definition) is 11. The molecule has 1 aliphatic heterocycles. The Balaban J connectivity index is 1.58. The number of amides is 1. The molecular formula is C33H29N5O9. The summed E-state index contributed by atoms with van der Waals surface area (Å²) in [5.74, 6) is -2.64. The lowest BCUT2D eigenvalue weighted by molar-refractivity contribution is -0.385. The van der Waals surface area contributed by atoms with Gasteiger partial charge < -0.3 is 29.8 Å². The van der Waals surface area contributed by atoms with Gasteiger partial charge in [-0.25, -0.2) is 9.59 Å². The molecule has 14 nitrogen and oxygen atoms in total. The molecular weight excluding hydrogens is 610 g/mol. The van der Waals surface area contributed by atoms with Crippen molar-refractivity contribution in [2.75, 3.05) is 7.11 Å². The number of carbonyl (C=O) groups excluding carboxylic acids is 3. The number of nitrogens with zero attached hydrogens (tertiary/aromatic N) is 2. The zero-order chi connectivity index (χ0) is 34.2. The number of carbonyl (C=O) groups is 3. The molecule has 0 saturated carbocycles. The molecule has 0 bridgehead atoms. The first-order chi connectivity index (χ1) is 22.5. The summed E-state index contributed by atoms with van der Waals surface area (Å²) in [5.41, 5.74) is 1.67. The summed E-state index contributed by atoms with van der Waals surface area (Å²) in [6.45, 7) is 4.84. The van der Waals surface area contributed by atoms with Crippen molar-refractivity contribution >= 4 is 24.0 Å². The molecule has 4 rings (SSSR count). The molecule has 0 radical (unpaired) electrons. The molecule has 0 saturated heterocycles. The lowest BCUT2D eigenvalue weighted by Gasteiger charge is -2.30. The Morgan fingerprint density at radius 2 is 1.72 bits per heavy atom. The van der Waals surface area contributed by atoms with Gasteiger partial charge in [-0.15, -0.1) is 0 Å². The minimum Gasteiger partial charge on any atom is -0.466 e. The van der Waals surface area contributed by atoms with Gasteiger partial charge in [0.15, 0.2) is 6.23 Å². The summed E-state index contributed by atoms with van der Waals surface area (Å²) in [5, 5.41) is 26.4. The number of aromatic nitrogens is 1. The van der Waals surface area contributed by atoms with Crippen molar-refractivity contribution in [1.82, 2.24) is 15.6 Å². The van der Waals surface area contributed by atoms with Crippen LogP contribution in [0.2, 0.25) is 0 Å². The van der Waals surface area contributed by atoms with E-state index >= 15 is 0 Å². The van der Waals surface area contributed by atoms with E-state index in [0.29, 0.717) is 29.1 Å². The molecule has 2 unspecified atom stereocenters. The first-order valence-electron chi connectivity index (χ1n) is 14.0. The van der Waals surface area contributed by atoms with Gasteiger partial charge >= 0.3 is 11.9 Å². The minimum atomic E-state index is -1.34. The van der Waals surface area contributed by atoms with Crippen LogP contribution in [0.5, 0.6) is 5.75 Å². The third kappa shape index (κ3) is 7.26. The Morgan fingerprint density at radius 1 is 1.06 bits per heavy atom. The van der Waals surface area contributed by atoms with Crippen LogP contribution in [0.15, 0.2) is 94.3 Å². The Hall–Kier alpha value is -6.49. The number of nitro groups is 1. The summed E-state index contributed by atoms with van der Waals surface area (Å²) in [6.07, 6.45) is 1.41. The van der Waals surface area contributed by atoms with Crippen LogP contribution in [0.1, 0.15) is 36.6 Å². The highest BCUT2D eigenvalue weighted by Crippen LogP contribution is 2.42. The average molecular weight is 640 g/mol. The zero-order valence-corrected chi connectivity index (χ0v) is 25.7. The van der Waals surface area contributed by atoms with E-state index in [2.05, 4.69) is 15.6 Å². The van der Waals surface area contributed by atoms with E-state index in [9.17, 15) is 34.6 Å². The van der Waals surface area contributed by atoms with Crippen LogP contribution in [-0.4, -0.2) is 41.6 Å². The molecule has 1 amide bonds. The van der Waals surface area contributed by atoms with Crippen molar-refractivity contribution in [1.29, 1.82) is 5.26 Å². The number of pyridine rings is 1. The third-order valence-electron chi connectivity index (χ3n) is 7.28. The predicted octanol–water partition coefficient (Wildman–Crippen LogP) is 3.75. The number of nitriles is 1. The molecule has 47 heavy (non-hydrogen) atoms. The van der Waals surface area contributed by atoms with Gasteiger partial charge in [0.25, 0.3) is 11.2 Å². The molecule has 14 heteroatoms. The Labute approximate surface area is 268 Å². The molecule has 1 aromatic heterocycles. The topological polar surface area (TPSA) is 203 Å². The molecule has 1 aliphatic rings. The number of hydrogen-bond donors (Lipinski definition) is 3. The van der Waals surface area contributed by atoms with Gasteiger partial charge in [0.05, 0.1) is 35.4 Å². The number of nitro benzene ring substituents is 1. The second-order valence-electron chi connectivity index (χ2n) is 10.2. The van der Waals surface area contributed by atoms with Crippen LogP contribution in [0.3, 0.4) is 0 Å². The third-order valence-corrected chi connectivity index (χ3v) is 7.28. The smallest absolute Gasteiger partial charge is 0.338 e. The van der Waals surface area contributed by atoms with Gasteiger partial charge in [-0.2, -0.15) is 5.26 Å². The van der Waals surface area contributed by atoms with Gasteiger partial charge in [-0.3, -0.25) is 19.7 Å². The van der Waals surface area contributed by atoms with Crippen molar-refractivity contribution in [3.63, 3.8) is 0 Å². The van der Waals surface area contributed by atoms with Gasteiger partial charge in [0, 0.05) is 40.4 Å². The predicted molar refractivity (Wildman–Crippen MR) is 167 cm³/mol. The fourth-order valence-corrected chi connectivity index (χ4v) is 5.14. The Bertz CT molecular complexity index is 1930. The zero-order valence-electron chi connectivity index (χ0n) is 25.7. The number of para-hydroxylation sites is 1. The number of aromatic amines is 1. The Morgan fingerprint density at radius 3 is 2.34 bits per heavy atom. The van der Waals surface area contributed by atoms with Gasteiger partial charge in [0.1, 0.15) is 17.4 Å². The molecule has 2 aromatic carbocycles. The molecule has 0 spiro atoms. The highest BCUT2D eigenvalue weighted by molar-refractivity contribution is 6.00. The fourth-order valence-electron chi connectivity index (χ4n) is 5.14. The van der Waals surface area contributed by atoms with Gasteiger partial charge in [-0.05, 0) is 44.5 Å². The summed E-state index contributed by atoms with van der Waals surface area (Å²) < 4.78 is 16.1. The highest BCUT2D eigenvalue weighted by atomic mass is 16.6. The van der Waals surface area contributed by atoms with Crippen molar-refractivity contribution in [2.24, 2.45) is 0 Å². The Kier molecular flexibility index (Phi) is 10.3. The first-order valence-corrected chi connectivity index (χ1v) is 14.0. The fraction of sp³-hybridized carbons (Fsp3) is 0.182. The number of methoxy groups -OCH3 is 1. The molecule has 3 aromatic rings. The number of nitrogens with one attached hydrogen (secondary N) is 3. The molecule has 3 N–H and O–H groups in total. The summed E-state index contributed by atoms with van der Waals surface area (Å²) in [6, 6.07) is 15.8. The van der Waals surface area contributed by atoms with Crippen LogP contribution < -0.4 is 20.9 Å². The summed E-state index contributed by atoms with van der Waals surface area (Å²) in [4.78, 5) is 63.8. The van der Waals surface area contributed by atoms with E-state index in [1.807, 2.05) is 6.07 Å². The quantitative estimate of drug-likeness (QED) is 0.0688. The molecule has 2 atom stereocenters. The summed E-state index contributed by atoms with van der Waals surface area (Å²) >= 11 is 0. The second kappa shape index (κ2) is 14.5. The molecule has 2 heterocycles. The largest absolute Gasteiger partial charge is 0.466 e. The molecule has 240 valence electrons. The van der Waals surface area contributed by atoms with E-state index in [0.717, 1.165) is 12.7 Å². The normalized spacial score (nSPS) is 14.9. The number of aryl methyl sites for hydroxylation is 1. The van der Waals surface area contributed by atoms with Gasteiger partial charge in [0.2, 0.25) is 6.41 Å². The lowest BCUT2D eigenvalue weighted by atomic mass is 9.79. The van der Waals surface area contributed by atoms with Crippen molar-refractivity contribution in [3.8, 4) is 22.9 Å². The van der Waals surface area contributed by atoms with Crippen molar-refractivity contribution in [3.05, 3.63) is 127 Å².